The lowest BCUT2D eigenvalue weighted by Gasteiger charge is -2.20. The summed E-state index contributed by atoms with van der Waals surface area (Å²) in [5.41, 5.74) is 3.35. The highest BCUT2D eigenvalue weighted by Gasteiger charge is 2.28. The van der Waals surface area contributed by atoms with Crippen LogP contribution in [0.25, 0.3) is 0 Å². The van der Waals surface area contributed by atoms with Gasteiger partial charge < -0.3 is 20.8 Å². The summed E-state index contributed by atoms with van der Waals surface area (Å²) in [6.07, 6.45) is 4.59. The number of urea groups is 1. The van der Waals surface area contributed by atoms with Gasteiger partial charge in [-0.05, 0) is 19.9 Å². The van der Waals surface area contributed by atoms with Crippen LogP contribution >= 0.6 is 0 Å². The van der Waals surface area contributed by atoms with E-state index in [0.29, 0.717) is 31.1 Å². The van der Waals surface area contributed by atoms with Crippen molar-refractivity contribution in [2.45, 2.75) is 26.0 Å². The Bertz CT molecular complexity index is 843. The van der Waals surface area contributed by atoms with E-state index >= 15 is 0 Å². The molecular weight excluding hydrogens is 358 g/mol. The van der Waals surface area contributed by atoms with E-state index in [1.165, 1.54) is 6.21 Å². The fraction of sp³-hybridized carbons (Fsp3) is 0.368. The number of hydrogen-bond acceptors (Lipinski definition) is 6. The Hall–Kier alpha value is -2.88. The minimum absolute atomic E-state index is 0.0401. The van der Waals surface area contributed by atoms with E-state index in [1.54, 1.807) is 18.5 Å². The topological polar surface area (TPSA) is 129 Å². The highest BCUT2D eigenvalue weighted by molar-refractivity contribution is 5.91. The van der Waals surface area contributed by atoms with Gasteiger partial charge in [0, 0.05) is 49.9 Å². The zero-order valence-corrected chi connectivity index (χ0v) is 16.0. The van der Waals surface area contributed by atoms with Crippen LogP contribution in [0.3, 0.4) is 0 Å². The molecule has 0 radical (unpaired) electrons. The van der Waals surface area contributed by atoms with Gasteiger partial charge in [-0.2, -0.15) is 0 Å². The number of carbonyl (C=O) groups excluding carboxylic acids is 1. The lowest BCUT2D eigenvalue weighted by Crippen LogP contribution is -2.71. The summed E-state index contributed by atoms with van der Waals surface area (Å²) in [4.78, 5) is 20.8. The molecule has 0 aliphatic carbocycles. The summed E-state index contributed by atoms with van der Waals surface area (Å²) in [5.74, 6) is 0.387. The van der Waals surface area contributed by atoms with E-state index < -0.39 is 0 Å². The molecule has 3 heterocycles. The van der Waals surface area contributed by atoms with Crippen molar-refractivity contribution in [1.29, 1.82) is 5.41 Å². The van der Waals surface area contributed by atoms with Gasteiger partial charge in [0.2, 0.25) is 0 Å². The van der Waals surface area contributed by atoms with E-state index in [4.69, 9.17) is 10.1 Å². The van der Waals surface area contributed by atoms with E-state index in [1.807, 2.05) is 31.3 Å². The van der Waals surface area contributed by atoms with E-state index in [9.17, 15) is 4.79 Å². The molecule has 0 aromatic carbocycles. The highest BCUT2D eigenvalue weighted by Crippen LogP contribution is 2.14. The van der Waals surface area contributed by atoms with Crippen molar-refractivity contribution in [3.8, 4) is 0 Å². The minimum atomic E-state index is -0.344. The number of ether oxygens (including phenoxy) is 1. The number of nitrogens with zero attached hydrogens (tertiary/aromatic N) is 2. The zero-order chi connectivity index (χ0) is 19.9. The standard InChI is InChI=1S/C19H25N7O2/c1-3-28-17-11-21-9-16(17)25-19(27)26-18-7-13(8-20)15(10-23-18)24-14-4-5-22-12(2)6-14/h4-8,10,16-17,20-21H,3,9,11H2,1-2H3,(H,22,24)(H2,23,25,26,27)/p+1/t16-,17-/m0/s1. The molecule has 1 aliphatic rings. The summed E-state index contributed by atoms with van der Waals surface area (Å²) in [5, 5.41) is 18.5. The fourth-order valence-electron chi connectivity index (χ4n) is 3.14. The van der Waals surface area contributed by atoms with Gasteiger partial charge in [0.15, 0.2) is 5.69 Å². The number of aryl methyl sites for hydroxylation is 1. The largest absolute Gasteiger partial charge is 0.375 e. The van der Waals surface area contributed by atoms with Crippen molar-refractivity contribution in [2.24, 2.45) is 0 Å². The third-order valence-corrected chi connectivity index (χ3v) is 4.46. The maximum Gasteiger partial charge on any atom is 0.320 e. The number of anilines is 1. The molecule has 2 atom stereocenters. The van der Waals surface area contributed by atoms with Crippen LogP contribution < -0.4 is 21.3 Å². The predicted molar refractivity (Wildman–Crippen MR) is 107 cm³/mol. The average molecular weight is 384 g/mol. The molecule has 2 aromatic rings. The Balaban J connectivity index is 1.64. The first-order chi connectivity index (χ1) is 13.6. The van der Waals surface area contributed by atoms with Gasteiger partial charge >= 0.3 is 6.03 Å². The Morgan fingerprint density at radius 1 is 1.43 bits per heavy atom. The van der Waals surface area contributed by atoms with E-state index in [2.05, 4.69) is 25.9 Å². The van der Waals surface area contributed by atoms with Crippen LogP contribution in [0.5, 0.6) is 0 Å². The second kappa shape index (κ2) is 9.36. The van der Waals surface area contributed by atoms with Crippen LogP contribution in [0.4, 0.5) is 22.0 Å². The molecule has 1 saturated heterocycles. The number of aromatic nitrogens is 2. The molecule has 0 spiro atoms. The molecule has 1 aliphatic heterocycles. The van der Waals surface area contributed by atoms with Crippen LogP contribution in [0.2, 0.25) is 0 Å². The number of amides is 2. The molecular formula is C19H26N7O2+. The van der Waals surface area contributed by atoms with Gasteiger partial charge in [0.05, 0.1) is 23.9 Å². The Morgan fingerprint density at radius 3 is 3.04 bits per heavy atom. The van der Waals surface area contributed by atoms with Crippen LogP contribution in [0.1, 0.15) is 18.2 Å². The molecule has 2 amide bonds. The van der Waals surface area contributed by atoms with Crippen LogP contribution in [0, 0.1) is 12.3 Å². The van der Waals surface area contributed by atoms with E-state index in [0.717, 1.165) is 17.1 Å². The number of pyridine rings is 2. The third-order valence-electron chi connectivity index (χ3n) is 4.46. The molecule has 3 rings (SSSR count). The number of nitrogens with one attached hydrogen (secondary N) is 4. The molecule has 148 valence electrons. The van der Waals surface area contributed by atoms with Crippen molar-refractivity contribution in [2.75, 3.05) is 25.0 Å². The number of quaternary nitrogens is 1. The van der Waals surface area contributed by atoms with Crippen LogP contribution in [-0.4, -0.2) is 54.1 Å². The molecule has 0 saturated carbocycles. The summed E-state index contributed by atoms with van der Waals surface area (Å²) in [6.45, 7) is 5.84. The van der Waals surface area contributed by atoms with Crippen molar-refractivity contribution in [3.05, 3.63) is 41.9 Å². The summed E-state index contributed by atoms with van der Waals surface area (Å²) in [7, 11) is 0. The lowest BCUT2D eigenvalue weighted by molar-refractivity contribution is -0.479. The molecule has 0 unspecified atom stereocenters. The molecule has 2 aromatic heterocycles. The number of nitrogens with two attached hydrogens (primary N) is 1. The number of hydrogen-bond donors (Lipinski definition) is 5. The maximum atomic E-state index is 12.3. The minimum Gasteiger partial charge on any atom is -0.375 e. The molecule has 6 N–H and O–H groups in total. The molecule has 9 nitrogen and oxygen atoms in total. The normalized spacial score (nSPS) is 18.6. The van der Waals surface area contributed by atoms with Crippen LogP contribution in [0.15, 0.2) is 30.6 Å². The van der Waals surface area contributed by atoms with Gasteiger partial charge in [-0.25, -0.2) is 9.78 Å². The van der Waals surface area contributed by atoms with E-state index in [-0.39, 0.29) is 18.2 Å². The van der Waals surface area contributed by atoms with Crippen molar-refractivity contribution in [3.63, 3.8) is 0 Å². The third kappa shape index (κ3) is 5.10. The van der Waals surface area contributed by atoms with Crippen LogP contribution in [-0.2, 0) is 4.74 Å². The highest BCUT2D eigenvalue weighted by atomic mass is 16.5. The molecule has 9 heteroatoms. The molecule has 28 heavy (non-hydrogen) atoms. The maximum absolute atomic E-state index is 12.3. The van der Waals surface area contributed by atoms with Gasteiger partial charge in [0.1, 0.15) is 11.5 Å². The quantitative estimate of drug-likeness (QED) is 0.451. The predicted octanol–water partition coefficient (Wildman–Crippen LogP) is 0.808. The molecule has 0 bridgehead atoms. The fourth-order valence-corrected chi connectivity index (χ4v) is 3.14. The average Bonchev–Trinajstić information content (AvgIpc) is 3.10. The lowest BCUT2D eigenvalue weighted by atomic mass is 10.2. The zero-order valence-electron chi connectivity index (χ0n) is 16.0. The first-order valence-electron chi connectivity index (χ1n) is 9.26. The first kappa shape index (κ1) is 19.9. The van der Waals surface area contributed by atoms with Gasteiger partial charge in [-0.3, -0.25) is 15.6 Å². The molecule has 1 fully saturated rings. The smallest absolute Gasteiger partial charge is 0.320 e. The van der Waals surface area contributed by atoms with Crippen molar-refractivity contribution >= 4 is 29.4 Å². The first-order valence-corrected chi connectivity index (χ1v) is 9.26. The Morgan fingerprint density at radius 2 is 2.29 bits per heavy atom. The second-order valence-electron chi connectivity index (χ2n) is 6.57. The van der Waals surface area contributed by atoms with Crippen molar-refractivity contribution in [1.82, 2.24) is 20.6 Å². The summed E-state index contributed by atoms with van der Waals surface area (Å²) in [6, 6.07) is 5.09. The second-order valence-corrected chi connectivity index (χ2v) is 6.57. The number of rotatable bonds is 7. The Labute approximate surface area is 163 Å². The van der Waals surface area contributed by atoms with Gasteiger partial charge in [0.25, 0.3) is 0 Å². The van der Waals surface area contributed by atoms with Gasteiger partial charge in [-0.15, -0.1) is 0 Å². The number of carbonyl (C=O) groups is 1. The van der Waals surface area contributed by atoms with Crippen molar-refractivity contribution < 1.29 is 14.8 Å². The summed E-state index contributed by atoms with van der Waals surface area (Å²) >= 11 is 0. The van der Waals surface area contributed by atoms with Gasteiger partial charge in [-0.1, -0.05) is 0 Å². The SMILES string of the molecule is CCO[C@H]1CNC[C@@H]1NC(=O)Nc1cc(C=N)c([NH2+]c2ccnc(C)c2)cn1. The summed E-state index contributed by atoms with van der Waals surface area (Å²) < 4.78 is 5.62. The Kier molecular flexibility index (Phi) is 6.64. The monoisotopic (exact) mass is 384 g/mol.